The quantitative estimate of drug-likeness (QED) is 0.732. The minimum Gasteiger partial charge on any atom is -0.298 e. The lowest BCUT2D eigenvalue weighted by atomic mass is 10.2. The molecule has 0 saturated heterocycles. The van der Waals surface area contributed by atoms with E-state index in [2.05, 4.69) is 15.9 Å². The van der Waals surface area contributed by atoms with Crippen LogP contribution in [-0.2, 0) is 0 Å². The van der Waals surface area contributed by atoms with Gasteiger partial charge in [0.2, 0.25) is 0 Å². The second-order valence-corrected chi connectivity index (χ2v) is 5.83. The van der Waals surface area contributed by atoms with E-state index >= 15 is 0 Å². The van der Waals surface area contributed by atoms with Crippen molar-refractivity contribution < 1.29 is 4.79 Å². The maximum absolute atomic E-state index is 11.0. The predicted octanol–water partition coefficient (Wildman–Crippen LogP) is 5.07. The molecule has 2 aromatic carbocycles. The molecule has 17 heavy (non-hydrogen) atoms. The van der Waals surface area contributed by atoms with Crippen LogP contribution >= 0.6 is 39.3 Å². The Hall–Kier alpha value is -0.770. The van der Waals surface area contributed by atoms with Crippen molar-refractivity contribution in [2.75, 3.05) is 0 Å². The van der Waals surface area contributed by atoms with Crippen molar-refractivity contribution >= 4 is 45.6 Å². The zero-order valence-electron chi connectivity index (χ0n) is 8.69. The smallest absolute Gasteiger partial charge is 0.151 e. The minimum atomic E-state index is 0.575. The van der Waals surface area contributed by atoms with Crippen molar-refractivity contribution in [3.63, 3.8) is 0 Å². The summed E-state index contributed by atoms with van der Waals surface area (Å²) in [7, 11) is 0. The highest BCUT2D eigenvalue weighted by Crippen LogP contribution is 2.32. The second-order valence-electron chi connectivity index (χ2n) is 3.36. The van der Waals surface area contributed by atoms with E-state index < -0.39 is 0 Å². The molecule has 0 aliphatic rings. The molecule has 0 bridgehead atoms. The molecule has 0 amide bonds. The summed E-state index contributed by atoms with van der Waals surface area (Å²) in [5.41, 5.74) is 0.613. The Balaban J connectivity index is 2.32. The van der Waals surface area contributed by atoms with Crippen molar-refractivity contribution in [2.45, 2.75) is 9.79 Å². The fraction of sp³-hybridized carbons (Fsp3) is 0. The van der Waals surface area contributed by atoms with Crippen LogP contribution < -0.4 is 0 Å². The van der Waals surface area contributed by atoms with Crippen LogP contribution in [0.2, 0.25) is 5.02 Å². The molecule has 0 unspecified atom stereocenters. The average Bonchev–Trinajstić information content (AvgIpc) is 2.31. The molecule has 0 aromatic heterocycles. The van der Waals surface area contributed by atoms with Gasteiger partial charge in [-0.1, -0.05) is 45.4 Å². The number of carbonyl (C=O) groups excluding carboxylic acids is 1. The molecule has 4 heteroatoms. The highest BCUT2D eigenvalue weighted by atomic mass is 79.9. The van der Waals surface area contributed by atoms with Gasteiger partial charge in [-0.15, -0.1) is 0 Å². The lowest BCUT2D eigenvalue weighted by molar-refractivity contribution is 0.112. The zero-order valence-corrected chi connectivity index (χ0v) is 11.8. The van der Waals surface area contributed by atoms with Gasteiger partial charge in [0.15, 0.2) is 6.29 Å². The first-order valence-electron chi connectivity index (χ1n) is 4.87. The summed E-state index contributed by atoms with van der Waals surface area (Å²) in [5.74, 6) is 0. The van der Waals surface area contributed by atoms with Gasteiger partial charge in [0.25, 0.3) is 0 Å². The van der Waals surface area contributed by atoms with Crippen molar-refractivity contribution in [1.29, 1.82) is 0 Å². The van der Waals surface area contributed by atoms with Gasteiger partial charge >= 0.3 is 0 Å². The fourth-order valence-corrected chi connectivity index (χ4v) is 3.04. The van der Waals surface area contributed by atoms with Crippen LogP contribution in [-0.4, -0.2) is 6.29 Å². The van der Waals surface area contributed by atoms with E-state index in [0.717, 1.165) is 20.5 Å². The number of halogens is 2. The molecule has 2 rings (SSSR count). The highest BCUT2D eigenvalue weighted by Gasteiger charge is 2.05. The van der Waals surface area contributed by atoms with Crippen LogP contribution in [0.15, 0.2) is 56.7 Å². The van der Waals surface area contributed by atoms with Crippen LogP contribution in [0.3, 0.4) is 0 Å². The number of hydrogen-bond donors (Lipinski definition) is 0. The van der Waals surface area contributed by atoms with Gasteiger partial charge in [0, 0.05) is 24.8 Å². The molecule has 86 valence electrons. The molecule has 0 N–H and O–H groups in total. The summed E-state index contributed by atoms with van der Waals surface area (Å²) in [4.78, 5) is 12.9. The molecule has 0 saturated carbocycles. The highest BCUT2D eigenvalue weighted by molar-refractivity contribution is 9.10. The van der Waals surface area contributed by atoms with Crippen LogP contribution in [0, 0.1) is 0 Å². The van der Waals surface area contributed by atoms with Gasteiger partial charge < -0.3 is 0 Å². The molecule has 0 heterocycles. The number of benzene rings is 2. The Labute approximate surface area is 117 Å². The first-order valence-corrected chi connectivity index (χ1v) is 6.86. The number of hydrogen-bond acceptors (Lipinski definition) is 2. The Morgan fingerprint density at radius 2 is 2.00 bits per heavy atom. The lowest BCUT2D eigenvalue weighted by Crippen LogP contribution is -1.85. The van der Waals surface area contributed by atoms with Crippen LogP contribution in [0.1, 0.15) is 10.4 Å². The van der Waals surface area contributed by atoms with E-state index in [0.29, 0.717) is 10.6 Å². The van der Waals surface area contributed by atoms with E-state index in [1.54, 1.807) is 23.9 Å². The van der Waals surface area contributed by atoms with E-state index in [1.165, 1.54) is 0 Å². The number of carbonyl (C=O) groups is 1. The largest absolute Gasteiger partial charge is 0.298 e. The van der Waals surface area contributed by atoms with E-state index in [-0.39, 0.29) is 0 Å². The molecule has 0 spiro atoms. The zero-order chi connectivity index (χ0) is 12.3. The van der Waals surface area contributed by atoms with Gasteiger partial charge in [-0.3, -0.25) is 4.79 Å². The molecule has 0 fully saturated rings. The molecule has 1 nitrogen and oxygen atoms in total. The van der Waals surface area contributed by atoms with Crippen LogP contribution in [0.25, 0.3) is 0 Å². The summed E-state index contributed by atoms with van der Waals surface area (Å²) in [6, 6.07) is 13.3. The number of aldehydes is 1. The normalized spacial score (nSPS) is 10.2. The molecular weight excluding hydrogens is 320 g/mol. The Kier molecular flexibility index (Phi) is 4.26. The second kappa shape index (κ2) is 5.71. The van der Waals surface area contributed by atoms with Gasteiger partial charge in [-0.2, -0.15) is 0 Å². The maximum atomic E-state index is 11.0. The number of rotatable bonds is 3. The monoisotopic (exact) mass is 326 g/mol. The van der Waals surface area contributed by atoms with Gasteiger partial charge in [-0.05, 0) is 36.4 Å². The Morgan fingerprint density at radius 1 is 1.18 bits per heavy atom. The standard InChI is InChI=1S/C13H8BrClOS/c14-10-2-1-3-12(7-10)17-13-5-4-11(15)6-9(13)8-16/h1-8H. The van der Waals surface area contributed by atoms with Gasteiger partial charge in [-0.25, -0.2) is 0 Å². The minimum absolute atomic E-state index is 0.575. The average molecular weight is 328 g/mol. The first kappa shape index (κ1) is 12.7. The molecule has 0 aliphatic carbocycles. The molecule has 0 radical (unpaired) electrons. The van der Waals surface area contributed by atoms with Crippen molar-refractivity contribution in [1.82, 2.24) is 0 Å². The Morgan fingerprint density at radius 3 is 2.71 bits per heavy atom. The van der Waals surface area contributed by atoms with E-state index in [9.17, 15) is 4.79 Å². The molecule has 2 aromatic rings. The summed E-state index contributed by atoms with van der Waals surface area (Å²) < 4.78 is 1.02. The third-order valence-corrected chi connectivity index (χ3v) is 3.93. The SMILES string of the molecule is O=Cc1cc(Cl)ccc1Sc1cccc(Br)c1. The van der Waals surface area contributed by atoms with E-state index in [1.807, 2.05) is 30.3 Å². The van der Waals surface area contributed by atoms with E-state index in [4.69, 9.17) is 11.6 Å². The Bertz CT molecular complexity index is 557. The predicted molar refractivity (Wildman–Crippen MR) is 75.1 cm³/mol. The summed E-state index contributed by atoms with van der Waals surface area (Å²) >= 11 is 10.8. The third kappa shape index (κ3) is 3.35. The fourth-order valence-electron chi connectivity index (χ4n) is 1.36. The van der Waals surface area contributed by atoms with Crippen molar-refractivity contribution in [3.8, 4) is 0 Å². The molecule has 0 atom stereocenters. The van der Waals surface area contributed by atoms with Crippen molar-refractivity contribution in [3.05, 3.63) is 57.5 Å². The van der Waals surface area contributed by atoms with Crippen LogP contribution in [0.4, 0.5) is 0 Å². The molecular formula is C13H8BrClOS. The topological polar surface area (TPSA) is 17.1 Å². The summed E-state index contributed by atoms with van der Waals surface area (Å²) in [6.07, 6.45) is 0.826. The van der Waals surface area contributed by atoms with Gasteiger partial charge in [0.05, 0.1) is 0 Å². The first-order chi connectivity index (χ1) is 8.19. The van der Waals surface area contributed by atoms with Gasteiger partial charge in [0.1, 0.15) is 0 Å². The van der Waals surface area contributed by atoms with Crippen LogP contribution in [0.5, 0.6) is 0 Å². The summed E-state index contributed by atoms with van der Waals surface area (Å²) in [6.45, 7) is 0. The maximum Gasteiger partial charge on any atom is 0.151 e. The summed E-state index contributed by atoms with van der Waals surface area (Å²) in [5, 5.41) is 0.575. The lowest BCUT2D eigenvalue weighted by Gasteiger charge is -2.05. The third-order valence-electron chi connectivity index (χ3n) is 2.12. The van der Waals surface area contributed by atoms with Crippen molar-refractivity contribution in [2.24, 2.45) is 0 Å². The molecule has 0 aliphatic heterocycles.